The molecular weight excluding hydrogens is 436 g/mol. The number of methoxy groups -OCH3 is 1. The normalized spacial score (nSPS) is 10.4. The summed E-state index contributed by atoms with van der Waals surface area (Å²) in [6, 6.07) is 15.1. The molecule has 0 unspecified atom stereocenters. The van der Waals surface area contributed by atoms with Crippen LogP contribution in [0, 0.1) is 3.95 Å². The highest BCUT2D eigenvalue weighted by molar-refractivity contribution is 7.73. The average molecular weight is 457 g/mol. The van der Waals surface area contributed by atoms with E-state index < -0.39 is 11.9 Å². The molecule has 0 aliphatic carbocycles. The third-order valence-corrected chi connectivity index (χ3v) is 5.72. The molecule has 31 heavy (non-hydrogen) atoms. The fourth-order valence-corrected chi connectivity index (χ4v) is 4.15. The van der Waals surface area contributed by atoms with Gasteiger partial charge in [0.25, 0.3) is 5.56 Å². The molecule has 0 spiro atoms. The van der Waals surface area contributed by atoms with E-state index in [1.807, 2.05) is 18.2 Å². The van der Waals surface area contributed by atoms with Gasteiger partial charge in [-0.15, -0.1) is 11.3 Å². The minimum atomic E-state index is -0.431. The maximum absolute atomic E-state index is 12.6. The van der Waals surface area contributed by atoms with Gasteiger partial charge in [-0.2, -0.15) is 0 Å². The highest BCUT2D eigenvalue weighted by Gasteiger charge is 2.12. The maximum atomic E-state index is 12.6. The SMILES string of the molecule is CCOC(=O)c1ccc(NC(=O)Cn2c(=O)cc(-c3ccccc3OC)sc2=S)cc1. The monoisotopic (exact) mass is 456 g/mol. The van der Waals surface area contributed by atoms with Crippen molar-refractivity contribution < 1.29 is 19.1 Å². The van der Waals surface area contributed by atoms with Crippen LogP contribution >= 0.6 is 23.6 Å². The van der Waals surface area contributed by atoms with Crippen LogP contribution in [-0.2, 0) is 16.1 Å². The lowest BCUT2D eigenvalue weighted by molar-refractivity contribution is -0.116. The number of hydrogen-bond acceptors (Lipinski definition) is 7. The van der Waals surface area contributed by atoms with E-state index in [1.54, 1.807) is 44.4 Å². The highest BCUT2D eigenvalue weighted by atomic mass is 32.1. The second-order valence-corrected chi connectivity index (χ2v) is 8.02. The molecular formula is C22H20N2O5S2. The number of carbonyl (C=O) groups is 2. The zero-order valence-electron chi connectivity index (χ0n) is 16.9. The summed E-state index contributed by atoms with van der Waals surface area (Å²) in [7, 11) is 1.56. The van der Waals surface area contributed by atoms with E-state index in [1.165, 1.54) is 22.0 Å². The molecule has 1 heterocycles. The van der Waals surface area contributed by atoms with Gasteiger partial charge in [0.15, 0.2) is 3.95 Å². The quantitative estimate of drug-likeness (QED) is 0.425. The van der Waals surface area contributed by atoms with Crippen LogP contribution in [-0.4, -0.2) is 30.2 Å². The second-order valence-electron chi connectivity index (χ2n) is 6.35. The molecule has 0 fully saturated rings. The van der Waals surface area contributed by atoms with E-state index in [4.69, 9.17) is 21.7 Å². The van der Waals surface area contributed by atoms with Crippen LogP contribution in [0.5, 0.6) is 5.75 Å². The van der Waals surface area contributed by atoms with Crippen LogP contribution in [0.15, 0.2) is 59.4 Å². The molecule has 3 rings (SSSR count). The first kappa shape index (κ1) is 22.4. The van der Waals surface area contributed by atoms with Crippen molar-refractivity contribution in [3.8, 4) is 16.2 Å². The molecule has 1 amide bonds. The first-order chi connectivity index (χ1) is 14.9. The number of amides is 1. The van der Waals surface area contributed by atoms with Gasteiger partial charge in [-0.1, -0.05) is 12.1 Å². The van der Waals surface area contributed by atoms with Crippen molar-refractivity contribution in [3.05, 3.63) is 74.5 Å². The van der Waals surface area contributed by atoms with Crippen molar-refractivity contribution in [2.75, 3.05) is 19.0 Å². The Bertz CT molecular complexity index is 1180. The Morgan fingerprint density at radius 3 is 2.48 bits per heavy atom. The molecule has 2 aromatic carbocycles. The largest absolute Gasteiger partial charge is 0.496 e. The van der Waals surface area contributed by atoms with Crippen molar-refractivity contribution in [3.63, 3.8) is 0 Å². The summed E-state index contributed by atoms with van der Waals surface area (Å²) in [6.07, 6.45) is 0. The number of nitrogens with one attached hydrogen (secondary N) is 1. The maximum Gasteiger partial charge on any atom is 0.338 e. The predicted molar refractivity (Wildman–Crippen MR) is 122 cm³/mol. The van der Waals surface area contributed by atoms with E-state index in [2.05, 4.69) is 5.32 Å². The van der Waals surface area contributed by atoms with Gasteiger partial charge in [0.2, 0.25) is 5.91 Å². The summed E-state index contributed by atoms with van der Waals surface area (Å²) in [5, 5.41) is 2.70. The molecule has 0 aliphatic heterocycles. The standard InChI is InChI=1S/C22H20N2O5S2/c1-3-29-21(27)14-8-10-15(11-9-14)23-19(25)13-24-20(26)12-18(31-22(24)30)16-6-4-5-7-17(16)28-2/h4-12H,3,13H2,1-2H3,(H,23,25). The fraction of sp³-hybridized carbons (Fsp3) is 0.182. The first-order valence-corrected chi connectivity index (χ1v) is 10.6. The molecule has 9 heteroatoms. The zero-order chi connectivity index (χ0) is 22.4. The Balaban J connectivity index is 1.75. The molecule has 0 radical (unpaired) electrons. The van der Waals surface area contributed by atoms with Crippen molar-refractivity contribution in [1.82, 2.24) is 4.57 Å². The molecule has 1 N–H and O–H groups in total. The van der Waals surface area contributed by atoms with Crippen molar-refractivity contribution in [2.24, 2.45) is 0 Å². The van der Waals surface area contributed by atoms with Gasteiger partial charge in [0.1, 0.15) is 12.3 Å². The third kappa shape index (κ3) is 5.44. The lowest BCUT2D eigenvalue weighted by Gasteiger charge is -2.10. The predicted octanol–water partition coefficient (Wildman–Crippen LogP) is 4.13. The van der Waals surface area contributed by atoms with Crippen LogP contribution in [0.3, 0.4) is 0 Å². The minimum absolute atomic E-state index is 0.222. The van der Waals surface area contributed by atoms with Gasteiger partial charge in [0.05, 0.1) is 19.3 Å². The Labute approximate surface area is 187 Å². The Morgan fingerprint density at radius 2 is 1.84 bits per heavy atom. The third-order valence-electron chi connectivity index (χ3n) is 4.29. The summed E-state index contributed by atoms with van der Waals surface area (Å²) in [5.74, 6) is -0.206. The molecule has 0 saturated heterocycles. The Hall–Kier alpha value is -3.30. The Kier molecular flexibility index (Phi) is 7.32. The summed E-state index contributed by atoms with van der Waals surface area (Å²) >= 11 is 6.59. The van der Waals surface area contributed by atoms with E-state index in [0.717, 1.165) is 5.56 Å². The van der Waals surface area contributed by atoms with E-state index in [0.29, 0.717) is 21.9 Å². The van der Waals surface area contributed by atoms with Gasteiger partial charge in [-0.25, -0.2) is 4.79 Å². The summed E-state index contributed by atoms with van der Waals surface area (Å²) in [6.45, 7) is 1.79. The number of anilines is 1. The van der Waals surface area contributed by atoms with Crippen LogP contribution in [0.4, 0.5) is 5.69 Å². The second kappa shape index (κ2) is 10.1. The van der Waals surface area contributed by atoms with Gasteiger partial charge in [-0.3, -0.25) is 14.2 Å². The average Bonchev–Trinajstić information content (AvgIpc) is 2.76. The van der Waals surface area contributed by atoms with E-state index in [9.17, 15) is 14.4 Å². The van der Waals surface area contributed by atoms with Gasteiger partial charge < -0.3 is 14.8 Å². The molecule has 160 valence electrons. The van der Waals surface area contributed by atoms with Crippen LogP contribution in [0.25, 0.3) is 10.4 Å². The Morgan fingerprint density at radius 1 is 1.13 bits per heavy atom. The number of esters is 1. The van der Waals surface area contributed by atoms with Crippen molar-refractivity contribution >= 4 is 41.1 Å². The number of hydrogen-bond donors (Lipinski definition) is 1. The van der Waals surface area contributed by atoms with Gasteiger partial charge in [-0.05, 0) is 55.5 Å². The summed E-state index contributed by atoms with van der Waals surface area (Å²) < 4.78 is 11.8. The number of benzene rings is 2. The smallest absolute Gasteiger partial charge is 0.338 e. The molecule has 0 bridgehead atoms. The zero-order valence-corrected chi connectivity index (χ0v) is 18.5. The van der Waals surface area contributed by atoms with Gasteiger partial charge >= 0.3 is 5.97 Å². The molecule has 1 aromatic heterocycles. The number of nitrogens with zero attached hydrogens (tertiary/aromatic N) is 1. The first-order valence-electron chi connectivity index (χ1n) is 9.38. The van der Waals surface area contributed by atoms with Crippen LogP contribution < -0.4 is 15.6 Å². The van der Waals surface area contributed by atoms with Crippen molar-refractivity contribution in [2.45, 2.75) is 13.5 Å². The molecule has 0 atom stereocenters. The topological polar surface area (TPSA) is 86.6 Å². The molecule has 3 aromatic rings. The number of carbonyl (C=O) groups excluding carboxylic acids is 2. The lowest BCUT2D eigenvalue weighted by Crippen LogP contribution is -2.27. The minimum Gasteiger partial charge on any atom is -0.496 e. The van der Waals surface area contributed by atoms with E-state index >= 15 is 0 Å². The molecule has 0 aliphatic rings. The highest BCUT2D eigenvalue weighted by Crippen LogP contribution is 2.31. The number of rotatable bonds is 7. The van der Waals surface area contributed by atoms with Gasteiger partial charge in [0, 0.05) is 22.2 Å². The molecule has 7 nitrogen and oxygen atoms in total. The number of ether oxygens (including phenoxy) is 2. The fourth-order valence-electron chi connectivity index (χ4n) is 2.83. The van der Waals surface area contributed by atoms with Crippen molar-refractivity contribution in [1.29, 1.82) is 0 Å². The lowest BCUT2D eigenvalue weighted by atomic mass is 10.1. The number of aromatic nitrogens is 1. The molecule has 0 saturated carbocycles. The summed E-state index contributed by atoms with van der Waals surface area (Å²) in [4.78, 5) is 37.4. The summed E-state index contributed by atoms with van der Waals surface area (Å²) in [5.41, 5.74) is 1.26. The van der Waals surface area contributed by atoms with E-state index in [-0.39, 0.29) is 22.7 Å². The van der Waals surface area contributed by atoms with Crippen LogP contribution in [0.1, 0.15) is 17.3 Å². The van der Waals surface area contributed by atoms with Crippen LogP contribution in [0.2, 0.25) is 0 Å². The number of para-hydroxylation sites is 1.